The van der Waals surface area contributed by atoms with Crippen molar-refractivity contribution in [2.75, 3.05) is 13.7 Å². The van der Waals surface area contributed by atoms with Crippen molar-refractivity contribution in [2.45, 2.75) is 6.92 Å². The van der Waals surface area contributed by atoms with Crippen molar-refractivity contribution in [1.29, 1.82) is 0 Å². The highest BCUT2D eigenvalue weighted by Gasteiger charge is 2.22. The topological polar surface area (TPSA) is 58.9 Å². The number of benzene rings is 1. The Labute approximate surface area is 87.4 Å². The van der Waals surface area contributed by atoms with Crippen molar-refractivity contribution < 1.29 is 23.9 Å². The normalized spacial score (nSPS) is 9.93. The molecule has 0 amide bonds. The largest absolute Gasteiger partial charge is 0.494 e. The van der Waals surface area contributed by atoms with Crippen LogP contribution in [0.25, 0.3) is 0 Å². The molecular weight excluding hydrogens is 202 g/mol. The van der Waals surface area contributed by atoms with Crippen molar-refractivity contribution >= 4 is 12.6 Å². The van der Waals surface area contributed by atoms with E-state index in [2.05, 4.69) is 0 Å². The first-order valence-electron chi connectivity index (χ1n) is 4.47. The predicted octanol–water partition coefficient (Wildman–Crippen LogP) is -0.0872. The van der Waals surface area contributed by atoms with Gasteiger partial charge in [0.2, 0.25) is 5.82 Å². The summed E-state index contributed by atoms with van der Waals surface area (Å²) in [4.78, 5) is 0. The highest BCUT2D eigenvalue weighted by molar-refractivity contribution is 6.59. The Bertz CT molecular complexity index is 343. The van der Waals surface area contributed by atoms with Crippen LogP contribution < -0.4 is 14.9 Å². The summed E-state index contributed by atoms with van der Waals surface area (Å²) in [6, 6.07) is 2.66. The van der Waals surface area contributed by atoms with Crippen molar-refractivity contribution in [3.63, 3.8) is 0 Å². The lowest BCUT2D eigenvalue weighted by Crippen LogP contribution is -2.32. The molecule has 0 aromatic heterocycles. The Morgan fingerprint density at radius 3 is 2.53 bits per heavy atom. The third-order valence-electron chi connectivity index (χ3n) is 1.88. The summed E-state index contributed by atoms with van der Waals surface area (Å²) in [6.07, 6.45) is 0. The maximum atomic E-state index is 13.6. The van der Waals surface area contributed by atoms with Gasteiger partial charge in [-0.3, -0.25) is 0 Å². The van der Waals surface area contributed by atoms with E-state index in [0.29, 0.717) is 0 Å². The first-order valence-corrected chi connectivity index (χ1v) is 4.47. The predicted molar refractivity (Wildman–Crippen MR) is 53.9 cm³/mol. The summed E-state index contributed by atoms with van der Waals surface area (Å²) < 4.78 is 23.4. The van der Waals surface area contributed by atoms with Gasteiger partial charge in [-0.05, 0) is 13.0 Å². The minimum atomic E-state index is -1.77. The number of hydrogen-bond donors (Lipinski definition) is 2. The fraction of sp³-hybridized carbons (Fsp3) is 0.333. The highest BCUT2D eigenvalue weighted by atomic mass is 19.1. The van der Waals surface area contributed by atoms with Gasteiger partial charge >= 0.3 is 7.12 Å². The van der Waals surface area contributed by atoms with Crippen LogP contribution in [-0.4, -0.2) is 30.9 Å². The van der Waals surface area contributed by atoms with E-state index in [9.17, 15) is 4.39 Å². The van der Waals surface area contributed by atoms with Crippen molar-refractivity contribution in [3.05, 3.63) is 17.9 Å². The van der Waals surface area contributed by atoms with Gasteiger partial charge in [0.25, 0.3) is 0 Å². The van der Waals surface area contributed by atoms with Crippen LogP contribution in [0, 0.1) is 5.82 Å². The number of halogens is 1. The zero-order valence-corrected chi connectivity index (χ0v) is 8.53. The van der Waals surface area contributed by atoms with E-state index >= 15 is 0 Å². The summed E-state index contributed by atoms with van der Waals surface area (Å²) in [5.74, 6) is -0.917. The van der Waals surface area contributed by atoms with Crippen LogP contribution in [0.1, 0.15) is 6.92 Å². The Morgan fingerprint density at radius 1 is 1.40 bits per heavy atom. The molecule has 82 valence electrons. The molecule has 0 aliphatic heterocycles. The zero-order valence-electron chi connectivity index (χ0n) is 8.53. The van der Waals surface area contributed by atoms with Gasteiger partial charge in [-0.1, -0.05) is 6.07 Å². The van der Waals surface area contributed by atoms with E-state index in [1.807, 2.05) is 0 Å². The molecule has 2 N–H and O–H groups in total. The Kier molecular flexibility index (Phi) is 3.93. The van der Waals surface area contributed by atoms with E-state index in [-0.39, 0.29) is 23.6 Å². The molecule has 15 heavy (non-hydrogen) atoms. The molecule has 0 spiro atoms. The van der Waals surface area contributed by atoms with Crippen LogP contribution in [0.3, 0.4) is 0 Å². The standard InChI is InChI=1S/C9H12BFO4/c1-3-15-9-6(10(12)13)4-5-7(14-2)8(9)11/h4-5,12-13H,3H2,1-2H3. The van der Waals surface area contributed by atoms with Gasteiger partial charge in [0.05, 0.1) is 13.7 Å². The first-order chi connectivity index (χ1) is 7.11. The molecule has 0 saturated carbocycles. The average Bonchev–Trinajstić information content (AvgIpc) is 2.20. The highest BCUT2D eigenvalue weighted by Crippen LogP contribution is 2.24. The molecule has 6 heteroatoms. The third kappa shape index (κ3) is 2.40. The lowest BCUT2D eigenvalue weighted by molar-refractivity contribution is 0.309. The van der Waals surface area contributed by atoms with Crippen LogP contribution in [0.5, 0.6) is 11.5 Å². The average molecular weight is 214 g/mol. The van der Waals surface area contributed by atoms with E-state index in [1.54, 1.807) is 6.92 Å². The number of ether oxygens (including phenoxy) is 2. The molecule has 1 aromatic rings. The van der Waals surface area contributed by atoms with Gasteiger partial charge in [-0.2, -0.15) is 4.39 Å². The van der Waals surface area contributed by atoms with Crippen molar-refractivity contribution in [2.24, 2.45) is 0 Å². The molecule has 0 saturated heterocycles. The van der Waals surface area contributed by atoms with E-state index in [1.165, 1.54) is 19.2 Å². The first kappa shape index (κ1) is 11.8. The summed E-state index contributed by atoms with van der Waals surface area (Å²) >= 11 is 0. The molecule has 1 rings (SSSR count). The second-order valence-corrected chi connectivity index (χ2v) is 2.81. The third-order valence-corrected chi connectivity index (χ3v) is 1.88. The van der Waals surface area contributed by atoms with Crippen molar-refractivity contribution in [3.8, 4) is 11.5 Å². The summed E-state index contributed by atoms with van der Waals surface area (Å²) in [5.41, 5.74) is -0.0184. The van der Waals surface area contributed by atoms with E-state index < -0.39 is 12.9 Å². The van der Waals surface area contributed by atoms with E-state index in [4.69, 9.17) is 19.5 Å². The van der Waals surface area contributed by atoms with Crippen molar-refractivity contribution in [1.82, 2.24) is 0 Å². The lowest BCUT2D eigenvalue weighted by Gasteiger charge is -2.12. The summed E-state index contributed by atoms with van der Waals surface area (Å²) in [5, 5.41) is 18.0. The van der Waals surface area contributed by atoms with Gasteiger partial charge in [0.1, 0.15) is 0 Å². The second-order valence-electron chi connectivity index (χ2n) is 2.81. The molecule has 0 aliphatic rings. The van der Waals surface area contributed by atoms with Gasteiger partial charge in [0, 0.05) is 5.46 Å². The number of rotatable bonds is 4. The van der Waals surface area contributed by atoms with Crippen LogP contribution in [0.15, 0.2) is 12.1 Å². The van der Waals surface area contributed by atoms with E-state index in [0.717, 1.165) is 0 Å². The number of hydrogen-bond acceptors (Lipinski definition) is 4. The summed E-state index contributed by atoms with van der Waals surface area (Å²) in [6.45, 7) is 1.90. The molecule has 0 bridgehead atoms. The Balaban J connectivity index is 3.24. The van der Waals surface area contributed by atoms with Gasteiger partial charge in [-0.15, -0.1) is 0 Å². The minimum absolute atomic E-state index is 0.00264. The van der Waals surface area contributed by atoms with Crippen LogP contribution in [0.2, 0.25) is 0 Å². The lowest BCUT2D eigenvalue weighted by atomic mass is 9.79. The number of methoxy groups -OCH3 is 1. The molecule has 0 atom stereocenters. The SMILES string of the molecule is CCOc1c(B(O)O)ccc(OC)c1F. The molecule has 1 aromatic carbocycles. The molecule has 4 nitrogen and oxygen atoms in total. The second kappa shape index (κ2) is 5.00. The maximum absolute atomic E-state index is 13.6. The molecule has 0 unspecified atom stereocenters. The van der Waals surface area contributed by atoms with Crippen LogP contribution in [-0.2, 0) is 0 Å². The van der Waals surface area contributed by atoms with Crippen LogP contribution in [0.4, 0.5) is 4.39 Å². The maximum Gasteiger partial charge on any atom is 0.492 e. The fourth-order valence-corrected chi connectivity index (χ4v) is 1.20. The molecule has 0 radical (unpaired) electrons. The molecular formula is C9H12BFO4. The van der Waals surface area contributed by atoms with Gasteiger partial charge in [0.15, 0.2) is 11.5 Å². The zero-order chi connectivity index (χ0) is 11.4. The molecule has 0 heterocycles. The molecule has 0 fully saturated rings. The fourth-order valence-electron chi connectivity index (χ4n) is 1.20. The van der Waals surface area contributed by atoms with Gasteiger partial charge < -0.3 is 19.5 Å². The van der Waals surface area contributed by atoms with Crippen LogP contribution >= 0.6 is 0 Å². The Hall–Kier alpha value is -1.27. The molecule has 0 aliphatic carbocycles. The summed E-state index contributed by atoms with van der Waals surface area (Å²) in [7, 11) is -0.449. The van der Waals surface area contributed by atoms with Gasteiger partial charge in [-0.25, -0.2) is 0 Å². The monoisotopic (exact) mass is 214 g/mol. The smallest absolute Gasteiger partial charge is 0.492 e. The Morgan fingerprint density at radius 2 is 2.07 bits per heavy atom. The minimum Gasteiger partial charge on any atom is -0.494 e. The quantitative estimate of drug-likeness (QED) is 0.687.